The van der Waals surface area contributed by atoms with E-state index in [-0.39, 0.29) is 5.97 Å². The average molecular weight is 283 g/mol. The van der Waals surface area contributed by atoms with Crippen molar-refractivity contribution in [2.45, 2.75) is 38.5 Å². The van der Waals surface area contributed by atoms with Gasteiger partial charge in [0.05, 0.1) is 18.2 Å². The van der Waals surface area contributed by atoms with Gasteiger partial charge in [-0.2, -0.15) is 5.26 Å². The first-order chi connectivity index (χ1) is 10.2. The lowest BCUT2D eigenvalue weighted by Crippen LogP contribution is -2.12. The monoisotopic (exact) mass is 283 g/mol. The fraction of sp³-hybridized carbons (Fsp3) is 0.444. The lowest BCUT2D eigenvalue weighted by atomic mass is 9.78. The van der Waals surface area contributed by atoms with Gasteiger partial charge in [-0.1, -0.05) is 18.2 Å². The summed E-state index contributed by atoms with van der Waals surface area (Å²) in [6.45, 7) is 2.24. The van der Waals surface area contributed by atoms with Crippen LogP contribution in [0.25, 0.3) is 0 Å². The molecule has 1 aromatic carbocycles. The van der Waals surface area contributed by atoms with E-state index >= 15 is 0 Å². The van der Waals surface area contributed by atoms with E-state index in [0.29, 0.717) is 24.0 Å². The van der Waals surface area contributed by atoms with Crippen LogP contribution in [0.3, 0.4) is 0 Å². The van der Waals surface area contributed by atoms with Gasteiger partial charge in [-0.25, -0.2) is 4.79 Å². The Kier molecular flexibility index (Phi) is 5.57. The van der Waals surface area contributed by atoms with Crippen LogP contribution in [0.1, 0.15) is 49.7 Å². The predicted octanol–water partition coefficient (Wildman–Crippen LogP) is 3.95. The predicted molar refractivity (Wildman–Crippen MR) is 81.6 cm³/mol. The van der Waals surface area contributed by atoms with Gasteiger partial charge in [0.2, 0.25) is 0 Å². The second kappa shape index (κ2) is 7.64. The van der Waals surface area contributed by atoms with Crippen molar-refractivity contribution in [3.8, 4) is 6.07 Å². The van der Waals surface area contributed by atoms with Crippen molar-refractivity contribution in [2.24, 2.45) is 5.92 Å². The van der Waals surface area contributed by atoms with Crippen molar-refractivity contribution in [1.82, 2.24) is 0 Å². The zero-order chi connectivity index (χ0) is 15.1. The third-order valence-corrected chi connectivity index (χ3v) is 4.07. The summed E-state index contributed by atoms with van der Waals surface area (Å²) < 4.78 is 4.89. The summed E-state index contributed by atoms with van der Waals surface area (Å²) in [6.07, 6.45) is 8.01. The molecule has 0 unspecified atom stereocenters. The van der Waals surface area contributed by atoms with Gasteiger partial charge in [0, 0.05) is 6.08 Å². The van der Waals surface area contributed by atoms with Crippen LogP contribution in [-0.4, -0.2) is 12.6 Å². The maximum Gasteiger partial charge on any atom is 0.330 e. The molecule has 1 aliphatic carbocycles. The molecule has 0 aliphatic heterocycles. The SMILES string of the molecule is CCOC(=O)C=C[C@H]1CC[C@H](c2ccc(C#N)cc2)CC1. The Balaban J connectivity index is 1.85. The number of carbonyl (C=O) groups is 1. The van der Waals surface area contributed by atoms with Gasteiger partial charge in [-0.3, -0.25) is 0 Å². The molecule has 0 amide bonds. The molecule has 0 N–H and O–H groups in total. The van der Waals surface area contributed by atoms with Gasteiger partial charge in [0.25, 0.3) is 0 Å². The van der Waals surface area contributed by atoms with Crippen molar-refractivity contribution in [1.29, 1.82) is 5.26 Å². The van der Waals surface area contributed by atoms with Crippen LogP contribution in [0.2, 0.25) is 0 Å². The van der Waals surface area contributed by atoms with Gasteiger partial charge >= 0.3 is 5.97 Å². The number of hydrogen-bond acceptors (Lipinski definition) is 3. The first-order valence-electron chi connectivity index (χ1n) is 7.58. The van der Waals surface area contributed by atoms with Crippen LogP contribution in [-0.2, 0) is 9.53 Å². The van der Waals surface area contributed by atoms with Crippen LogP contribution in [0, 0.1) is 17.2 Å². The molecule has 1 aliphatic rings. The first kappa shape index (κ1) is 15.3. The minimum Gasteiger partial charge on any atom is -0.463 e. The number of hydrogen-bond donors (Lipinski definition) is 0. The zero-order valence-corrected chi connectivity index (χ0v) is 12.4. The average Bonchev–Trinajstić information content (AvgIpc) is 2.54. The van der Waals surface area contributed by atoms with Crippen LogP contribution >= 0.6 is 0 Å². The quantitative estimate of drug-likeness (QED) is 0.621. The highest BCUT2D eigenvalue weighted by atomic mass is 16.5. The molecular weight excluding hydrogens is 262 g/mol. The maximum atomic E-state index is 11.3. The minimum absolute atomic E-state index is 0.244. The normalized spacial score (nSPS) is 21.9. The second-order valence-corrected chi connectivity index (χ2v) is 5.46. The van der Waals surface area contributed by atoms with E-state index in [1.54, 1.807) is 6.08 Å². The molecule has 0 saturated heterocycles. The Hall–Kier alpha value is -2.08. The number of carbonyl (C=O) groups excluding carboxylic acids is 1. The Morgan fingerprint density at radius 1 is 1.29 bits per heavy atom. The highest BCUT2D eigenvalue weighted by molar-refractivity contribution is 5.81. The number of rotatable bonds is 4. The fourth-order valence-electron chi connectivity index (χ4n) is 2.88. The molecule has 0 spiro atoms. The van der Waals surface area contributed by atoms with E-state index in [9.17, 15) is 4.79 Å². The number of benzene rings is 1. The summed E-state index contributed by atoms with van der Waals surface area (Å²) >= 11 is 0. The third-order valence-electron chi connectivity index (χ3n) is 4.07. The number of allylic oxidation sites excluding steroid dienone is 1. The first-order valence-corrected chi connectivity index (χ1v) is 7.58. The largest absolute Gasteiger partial charge is 0.463 e. The van der Waals surface area contributed by atoms with E-state index in [1.165, 1.54) is 5.56 Å². The van der Waals surface area contributed by atoms with Crippen molar-refractivity contribution in [2.75, 3.05) is 6.61 Å². The number of ether oxygens (including phenoxy) is 1. The molecule has 0 radical (unpaired) electrons. The molecular formula is C18H21NO2. The molecule has 3 nitrogen and oxygen atoms in total. The summed E-state index contributed by atoms with van der Waals surface area (Å²) in [5, 5.41) is 8.82. The summed E-state index contributed by atoms with van der Waals surface area (Å²) in [6, 6.07) is 10.1. The molecule has 0 bridgehead atoms. The highest BCUT2D eigenvalue weighted by Gasteiger charge is 2.21. The van der Waals surface area contributed by atoms with Gasteiger partial charge in [0.1, 0.15) is 0 Å². The molecule has 0 aromatic heterocycles. The zero-order valence-electron chi connectivity index (χ0n) is 12.4. The molecule has 1 saturated carbocycles. The summed E-state index contributed by atoms with van der Waals surface area (Å²) in [5.41, 5.74) is 2.03. The van der Waals surface area contributed by atoms with Crippen LogP contribution in [0.4, 0.5) is 0 Å². The second-order valence-electron chi connectivity index (χ2n) is 5.46. The van der Waals surface area contributed by atoms with Crippen molar-refractivity contribution >= 4 is 5.97 Å². The van der Waals surface area contributed by atoms with Crippen molar-refractivity contribution < 1.29 is 9.53 Å². The highest BCUT2D eigenvalue weighted by Crippen LogP contribution is 2.36. The van der Waals surface area contributed by atoms with Gasteiger partial charge < -0.3 is 4.74 Å². The van der Waals surface area contributed by atoms with Crippen molar-refractivity contribution in [3.63, 3.8) is 0 Å². The smallest absolute Gasteiger partial charge is 0.330 e. The minimum atomic E-state index is -0.244. The van der Waals surface area contributed by atoms with Gasteiger partial charge in [-0.15, -0.1) is 0 Å². The standard InChI is InChI=1S/C18H21NO2/c1-2-21-18(20)12-7-14-3-8-16(9-4-14)17-10-5-15(13-19)6-11-17/h5-7,10-12,14,16H,2-4,8-9H2,1H3/t14-,16-. The van der Waals surface area contributed by atoms with Gasteiger partial charge in [0.15, 0.2) is 0 Å². The topological polar surface area (TPSA) is 50.1 Å². The fourth-order valence-corrected chi connectivity index (χ4v) is 2.88. The molecule has 2 rings (SSSR count). The van der Waals surface area contributed by atoms with E-state index in [4.69, 9.17) is 10.00 Å². The molecule has 110 valence electrons. The van der Waals surface area contributed by atoms with E-state index in [1.807, 2.05) is 25.1 Å². The summed E-state index contributed by atoms with van der Waals surface area (Å²) in [5.74, 6) is 0.806. The third kappa shape index (κ3) is 4.46. The number of esters is 1. The Labute approximate surface area is 126 Å². The lowest BCUT2D eigenvalue weighted by Gasteiger charge is -2.27. The molecule has 1 aromatic rings. The Morgan fingerprint density at radius 2 is 1.95 bits per heavy atom. The van der Waals surface area contributed by atoms with Crippen molar-refractivity contribution in [3.05, 3.63) is 47.5 Å². The Bertz CT molecular complexity index is 531. The van der Waals surface area contributed by atoms with E-state index < -0.39 is 0 Å². The number of nitriles is 1. The van der Waals surface area contributed by atoms with Gasteiger partial charge in [-0.05, 0) is 62.1 Å². The maximum absolute atomic E-state index is 11.3. The summed E-state index contributed by atoms with van der Waals surface area (Å²) in [7, 11) is 0. The van der Waals surface area contributed by atoms with E-state index in [2.05, 4.69) is 18.2 Å². The summed E-state index contributed by atoms with van der Waals surface area (Å²) in [4.78, 5) is 11.3. The molecule has 0 heterocycles. The lowest BCUT2D eigenvalue weighted by molar-refractivity contribution is -0.137. The van der Waals surface area contributed by atoms with E-state index in [0.717, 1.165) is 25.7 Å². The molecule has 21 heavy (non-hydrogen) atoms. The number of nitrogens with zero attached hydrogens (tertiary/aromatic N) is 1. The molecule has 3 heteroatoms. The molecule has 0 atom stereocenters. The van der Waals surface area contributed by atoms with Crippen LogP contribution < -0.4 is 0 Å². The van der Waals surface area contributed by atoms with Crippen LogP contribution in [0.5, 0.6) is 0 Å². The Morgan fingerprint density at radius 3 is 2.52 bits per heavy atom. The molecule has 1 fully saturated rings. The van der Waals surface area contributed by atoms with Crippen LogP contribution in [0.15, 0.2) is 36.4 Å².